The lowest BCUT2D eigenvalue weighted by atomic mass is 10.0. The molecule has 74 valence electrons. The molecule has 5 heteroatoms. The maximum Gasteiger partial charge on any atom is 0.317 e. The molecular formula is C9H7BrO3S. The third kappa shape index (κ3) is 1.40. The van der Waals surface area contributed by atoms with E-state index in [1.807, 2.05) is 0 Å². The zero-order valence-corrected chi connectivity index (χ0v) is 9.52. The van der Waals surface area contributed by atoms with Gasteiger partial charge < -0.3 is 5.11 Å². The number of carbonyl (C=O) groups excluding carboxylic acids is 1. The first kappa shape index (κ1) is 9.86. The minimum atomic E-state index is -1.11. The van der Waals surface area contributed by atoms with E-state index in [0.717, 1.165) is 4.47 Å². The van der Waals surface area contributed by atoms with Gasteiger partial charge in [0.2, 0.25) is 0 Å². The van der Waals surface area contributed by atoms with Gasteiger partial charge in [-0.25, -0.2) is 0 Å². The average molecular weight is 275 g/mol. The van der Waals surface area contributed by atoms with Crippen LogP contribution in [0.1, 0.15) is 22.5 Å². The molecule has 1 aromatic heterocycles. The summed E-state index contributed by atoms with van der Waals surface area (Å²) < 4.78 is 0.826. The second kappa shape index (κ2) is 3.17. The number of rotatable bonds is 3. The highest BCUT2D eigenvalue weighted by atomic mass is 79.9. The summed E-state index contributed by atoms with van der Waals surface area (Å²) in [4.78, 5) is 23.2. The molecule has 0 aromatic carbocycles. The van der Waals surface area contributed by atoms with Gasteiger partial charge >= 0.3 is 5.97 Å². The van der Waals surface area contributed by atoms with E-state index in [-0.39, 0.29) is 5.78 Å². The van der Waals surface area contributed by atoms with Crippen LogP contribution in [0.3, 0.4) is 0 Å². The van der Waals surface area contributed by atoms with Gasteiger partial charge in [-0.1, -0.05) is 0 Å². The number of Topliss-reactive ketones (excluding diaryl/α,β-unsaturated/α-hetero) is 1. The Labute approximate surface area is 92.9 Å². The molecule has 1 aromatic rings. The van der Waals surface area contributed by atoms with Crippen LogP contribution in [0, 0.1) is 5.41 Å². The zero-order chi connectivity index (χ0) is 10.3. The molecule has 1 aliphatic rings. The summed E-state index contributed by atoms with van der Waals surface area (Å²) in [6.45, 7) is 0. The predicted octanol–water partition coefficient (Wildman–Crippen LogP) is 2.56. The van der Waals surface area contributed by atoms with Crippen LogP contribution in [-0.4, -0.2) is 16.9 Å². The summed E-state index contributed by atoms with van der Waals surface area (Å²) in [5, 5.41) is 10.7. The van der Waals surface area contributed by atoms with Crippen molar-refractivity contribution in [3.8, 4) is 0 Å². The molecule has 0 bridgehead atoms. The van der Waals surface area contributed by atoms with E-state index in [1.54, 1.807) is 11.4 Å². The van der Waals surface area contributed by atoms with Crippen molar-refractivity contribution in [2.45, 2.75) is 12.8 Å². The maximum atomic E-state index is 11.8. The maximum absolute atomic E-state index is 11.8. The van der Waals surface area contributed by atoms with Gasteiger partial charge in [0.05, 0.1) is 4.88 Å². The Morgan fingerprint density at radius 3 is 2.50 bits per heavy atom. The highest BCUT2D eigenvalue weighted by Crippen LogP contribution is 2.49. The van der Waals surface area contributed by atoms with Crippen molar-refractivity contribution in [1.29, 1.82) is 0 Å². The molecule has 0 atom stereocenters. The smallest absolute Gasteiger partial charge is 0.317 e. The lowest BCUT2D eigenvalue weighted by molar-refractivity contribution is -0.141. The van der Waals surface area contributed by atoms with Crippen molar-refractivity contribution in [2.24, 2.45) is 5.41 Å². The minimum Gasteiger partial charge on any atom is -0.480 e. The zero-order valence-electron chi connectivity index (χ0n) is 7.12. The van der Waals surface area contributed by atoms with E-state index in [9.17, 15) is 9.59 Å². The van der Waals surface area contributed by atoms with Crippen molar-refractivity contribution in [3.05, 3.63) is 20.8 Å². The number of aliphatic carboxylic acids is 1. The number of thiophene rings is 1. The van der Waals surface area contributed by atoms with E-state index in [0.29, 0.717) is 17.7 Å². The molecule has 2 rings (SSSR count). The van der Waals surface area contributed by atoms with Crippen LogP contribution in [0.15, 0.2) is 15.9 Å². The molecule has 0 amide bonds. The Morgan fingerprint density at radius 2 is 2.14 bits per heavy atom. The first-order chi connectivity index (χ1) is 6.56. The Morgan fingerprint density at radius 1 is 1.50 bits per heavy atom. The van der Waals surface area contributed by atoms with Gasteiger partial charge in [0, 0.05) is 9.85 Å². The van der Waals surface area contributed by atoms with Crippen molar-refractivity contribution < 1.29 is 14.7 Å². The minimum absolute atomic E-state index is 0.249. The lowest BCUT2D eigenvalue weighted by Crippen LogP contribution is -2.24. The van der Waals surface area contributed by atoms with E-state index in [2.05, 4.69) is 15.9 Å². The first-order valence-corrected chi connectivity index (χ1v) is 5.76. The van der Waals surface area contributed by atoms with Gasteiger partial charge in [-0.3, -0.25) is 9.59 Å². The topological polar surface area (TPSA) is 54.4 Å². The van der Waals surface area contributed by atoms with Crippen molar-refractivity contribution in [2.75, 3.05) is 0 Å². The van der Waals surface area contributed by atoms with Crippen LogP contribution < -0.4 is 0 Å². The fourth-order valence-corrected chi connectivity index (χ4v) is 2.80. The highest BCUT2D eigenvalue weighted by Gasteiger charge is 2.57. The molecule has 0 unspecified atom stereocenters. The molecule has 1 N–H and O–H groups in total. The standard InChI is InChI=1S/C9H7BrO3S/c10-5-3-6(14-4-5)7(11)9(1-2-9)8(12)13/h3-4H,1-2H2,(H,12,13). The molecule has 0 spiro atoms. The van der Waals surface area contributed by atoms with Crippen molar-refractivity contribution in [1.82, 2.24) is 0 Å². The number of carbonyl (C=O) groups is 2. The van der Waals surface area contributed by atoms with Crippen LogP contribution in [-0.2, 0) is 4.79 Å². The monoisotopic (exact) mass is 274 g/mol. The molecule has 0 aliphatic heterocycles. The van der Waals surface area contributed by atoms with E-state index in [4.69, 9.17) is 5.11 Å². The number of carboxylic acid groups (broad SMARTS) is 1. The molecule has 1 aliphatic carbocycles. The molecule has 14 heavy (non-hydrogen) atoms. The van der Waals surface area contributed by atoms with E-state index < -0.39 is 11.4 Å². The van der Waals surface area contributed by atoms with E-state index >= 15 is 0 Å². The average Bonchev–Trinajstić information content (AvgIpc) is 2.84. The second-order valence-electron chi connectivity index (χ2n) is 3.35. The Bertz CT molecular complexity index is 406. The fraction of sp³-hybridized carbons (Fsp3) is 0.333. The summed E-state index contributed by atoms with van der Waals surface area (Å²) in [7, 11) is 0. The van der Waals surface area contributed by atoms with Gasteiger partial charge in [-0.05, 0) is 34.8 Å². The number of hydrogen-bond donors (Lipinski definition) is 1. The van der Waals surface area contributed by atoms with Gasteiger partial charge in [0.15, 0.2) is 5.78 Å². The molecule has 0 radical (unpaired) electrons. The Kier molecular flexibility index (Phi) is 2.23. The second-order valence-corrected chi connectivity index (χ2v) is 5.17. The van der Waals surface area contributed by atoms with Gasteiger partial charge in [0.25, 0.3) is 0 Å². The molecule has 1 heterocycles. The predicted molar refractivity (Wildman–Crippen MR) is 55.7 cm³/mol. The first-order valence-electron chi connectivity index (χ1n) is 4.08. The highest BCUT2D eigenvalue weighted by molar-refractivity contribution is 9.10. The van der Waals surface area contributed by atoms with Gasteiger partial charge in [-0.15, -0.1) is 11.3 Å². The molecule has 1 fully saturated rings. The van der Waals surface area contributed by atoms with E-state index in [1.165, 1.54) is 11.3 Å². The third-order valence-electron chi connectivity index (χ3n) is 2.39. The summed E-state index contributed by atoms with van der Waals surface area (Å²) in [5.41, 5.74) is -1.11. The summed E-state index contributed by atoms with van der Waals surface area (Å²) in [6.07, 6.45) is 0.938. The lowest BCUT2D eigenvalue weighted by Gasteiger charge is -2.05. The van der Waals surface area contributed by atoms with Gasteiger partial charge in [-0.2, -0.15) is 0 Å². The molecule has 0 saturated heterocycles. The number of halogens is 1. The van der Waals surface area contributed by atoms with Gasteiger partial charge in [0.1, 0.15) is 5.41 Å². The van der Waals surface area contributed by atoms with Crippen LogP contribution in [0.4, 0.5) is 0 Å². The van der Waals surface area contributed by atoms with Crippen LogP contribution in [0.2, 0.25) is 0 Å². The molecule has 1 saturated carbocycles. The Balaban J connectivity index is 2.29. The summed E-state index contributed by atoms with van der Waals surface area (Å²) in [6, 6.07) is 1.68. The van der Waals surface area contributed by atoms with Crippen molar-refractivity contribution >= 4 is 39.0 Å². The van der Waals surface area contributed by atoms with Crippen LogP contribution in [0.25, 0.3) is 0 Å². The molecular weight excluding hydrogens is 268 g/mol. The quantitative estimate of drug-likeness (QED) is 0.681. The number of ketones is 1. The normalized spacial score (nSPS) is 17.8. The summed E-state index contributed by atoms with van der Waals surface area (Å²) in [5.74, 6) is -1.24. The number of carboxylic acids is 1. The van der Waals surface area contributed by atoms with Crippen molar-refractivity contribution in [3.63, 3.8) is 0 Å². The fourth-order valence-electron chi connectivity index (χ4n) is 1.33. The summed E-state index contributed by atoms with van der Waals surface area (Å²) >= 11 is 4.52. The van der Waals surface area contributed by atoms with Crippen LogP contribution in [0.5, 0.6) is 0 Å². The number of hydrogen-bond acceptors (Lipinski definition) is 3. The SMILES string of the molecule is O=C(O)C1(C(=O)c2cc(Br)cs2)CC1. The third-order valence-corrected chi connectivity index (χ3v) is 4.08. The molecule has 3 nitrogen and oxygen atoms in total. The Hall–Kier alpha value is -0.680. The largest absolute Gasteiger partial charge is 0.480 e. The van der Waals surface area contributed by atoms with Crippen LogP contribution >= 0.6 is 27.3 Å².